The van der Waals surface area contributed by atoms with Crippen LogP contribution >= 0.6 is 0 Å². The van der Waals surface area contributed by atoms with Gasteiger partial charge in [0, 0.05) is 30.8 Å². The van der Waals surface area contributed by atoms with Crippen molar-refractivity contribution in [1.29, 1.82) is 0 Å². The van der Waals surface area contributed by atoms with Gasteiger partial charge in [0.15, 0.2) is 5.69 Å². The van der Waals surface area contributed by atoms with Gasteiger partial charge in [-0.15, -0.1) is 0 Å². The molecule has 1 fully saturated rings. The fourth-order valence-corrected chi connectivity index (χ4v) is 4.41. The molecule has 28 heavy (non-hydrogen) atoms. The van der Waals surface area contributed by atoms with Gasteiger partial charge in [0.2, 0.25) is 0 Å². The first kappa shape index (κ1) is 18.7. The number of amides is 1. The molecule has 1 aliphatic heterocycles. The van der Waals surface area contributed by atoms with Crippen LogP contribution in [0.4, 0.5) is 0 Å². The largest absolute Gasteiger partial charge is 0.481 e. The monoisotopic (exact) mass is 381 g/mol. The summed E-state index contributed by atoms with van der Waals surface area (Å²) in [6, 6.07) is 8.26. The summed E-state index contributed by atoms with van der Waals surface area (Å²) in [7, 11) is 0. The van der Waals surface area contributed by atoms with Crippen molar-refractivity contribution in [3.05, 3.63) is 46.8 Å². The van der Waals surface area contributed by atoms with Crippen molar-refractivity contribution in [3.8, 4) is 5.69 Å². The highest BCUT2D eigenvalue weighted by molar-refractivity contribution is 5.94. The summed E-state index contributed by atoms with van der Waals surface area (Å²) in [5, 5.41) is 13.8. The molecule has 0 bridgehead atoms. The standard InChI is InChI=1S/C22H27N3O3/c1-15-6-8-17(9-7-15)25-19-5-3-2-4-18(19)21(23-25)22(28)24-12-10-16(11-13-24)14-20(26)27/h6-9,16H,2-5,10-14H2,1H3,(H,26,27). The molecule has 148 valence electrons. The van der Waals surface area contributed by atoms with Crippen molar-refractivity contribution >= 4 is 11.9 Å². The molecule has 0 unspecified atom stereocenters. The maximum Gasteiger partial charge on any atom is 0.303 e. The normalized spacial score (nSPS) is 17.4. The van der Waals surface area contributed by atoms with E-state index in [1.165, 1.54) is 11.3 Å². The van der Waals surface area contributed by atoms with E-state index < -0.39 is 5.97 Å². The number of hydrogen-bond donors (Lipinski definition) is 1. The number of benzene rings is 1. The Labute approximate surface area is 165 Å². The third-order valence-electron chi connectivity index (χ3n) is 6.03. The average Bonchev–Trinajstić information content (AvgIpc) is 3.08. The highest BCUT2D eigenvalue weighted by Crippen LogP contribution is 2.29. The maximum atomic E-state index is 13.2. The van der Waals surface area contributed by atoms with Gasteiger partial charge in [-0.2, -0.15) is 5.10 Å². The Morgan fingerprint density at radius 3 is 2.46 bits per heavy atom. The molecule has 2 aliphatic rings. The Bertz CT molecular complexity index is 877. The zero-order valence-electron chi connectivity index (χ0n) is 16.4. The highest BCUT2D eigenvalue weighted by Gasteiger charge is 2.31. The predicted molar refractivity (Wildman–Crippen MR) is 106 cm³/mol. The summed E-state index contributed by atoms with van der Waals surface area (Å²) in [5.41, 5.74) is 5.06. The van der Waals surface area contributed by atoms with E-state index in [0.29, 0.717) is 18.8 Å². The molecule has 0 atom stereocenters. The summed E-state index contributed by atoms with van der Waals surface area (Å²) in [6.45, 7) is 3.29. The summed E-state index contributed by atoms with van der Waals surface area (Å²) in [4.78, 5) is 26.0. The van der Waals surface area contributed by atoms with Crippen molar-refractivity contribution < 1.29 is 14.7 Å². The van der Waals surface area contributed by atoms with Gasteiger partial charge in [-0.25, -0.2) is 4.68 Å². The summed E-state index contributed by atoms with van der Waals surface area (Å²) in [5.74, 6) is -0.589. The van der Waals surface area contributed by atoms with Crippen LogP contribution in [-0.4, -0.2) is 44.8 Å². The van der Waals surface area contributed by atoms with Gasteiger partial charge in [0.1, 0.15) is 0 Å². The number of carbonyl (C=O) groups excluding carboxylic acids is 1. The van der Waals surface area contributed by atoms with Gasteiger partial charge in [-0.1, -0.05) is 17.7 Å². The second-order valence-electron chi connectivity index (χ2n) is 8.06. The molecule has 1 aromatic carbocycles. The molecule has 1 aromatic heterocycles. The molecule has 2 aromatic rings. The van der Waals surface area contributed by atoms with E-state index in [1.807, 2.05) is 9.58 Å². The summed E-state index contributed by atoms with van der Waals surface area (Å²) >= 11 is 0. The SMILES string of the molecule is Cc1ccc(-n2nc(C(=O)N3CCC(CC(=O)O)CC3)c3c2CCCC3)cc1. The number of likely N-dealkylation sites (tertiary alicyclic amines) is 1. The Kier molecular flexibility index (Phi) is 5.20. The van der Waals surface area contributed by atoms with Crippen molar-refractivity contribution in [3.63, 3.8) is 0 Å². The fourth-order valence-electron chi connectivity index (χ4n) is 4.41. The Morgan fingerprint density at radius 2 is 1.79 bits per heavy atom. The molecule has 0 radical (unpaired) electrons. The van der Waals surface area contributed by atoms with Crippen LogP contribution in [0.1, 0.15) is 59.4 Å². The molecular formula is C22H27N3O3. The lowest BCUT2D eigenvalue weighted by Gasteiger charge is -2.31. The molecule has 1 N–H and O–H groups in total. The van der Waals surface area contributed by atoms with E-state index in [2.05, 4.69) is 31.2 Å². The van der Waals surface area contributed by atoms with Crippen LogP contribution in [0.15, 0.2) is 24.3 Å². The number of aliphatic carboxylic acids is 1. The van der Waals surface area contributed by atoms with Gasteiger partial charge < -0.3 is 10.0 Å². The number of piperidine rings is 1. The van der Waals surface area contributed by atoms with Crippen LogP contribution in [0.3, 0.4) is 0 Å². The van der Waals surface area contributed by atoms with Gasteiger partial charge in [-0.3, -0.25) is 9.59 Å². The van der Waals surface area contributed by atoms with Crippen LogP contribution in [-0.2, 0) is 17.6 Å². The molecule has 0 spiro atoms. The van der Waals surface area contributed by atoms with E-state index in [-0.39, 0.29) is 18.2 Å². The Morgan fingerprint density at radius 1 is 1.11 bits per heavy atom. The van der Waals surface area contributed by atoms with Crippen molar-refractivity contribution in [2.75, 3.05) is 13.1 Å². The molecule has 6 heteroatoms. The number of rotatable bonds is 4. The molecular weight excluding hydrogens is 354 g/mol. The Balaban J connectivity index is 1.58. The lowest BCUT2D eigenvalue weighted by Crippen LogP contribution is -2.39. The predicted octanol–water partition coefficient (Wildman–Crippen LogP) is 3.39. The van der Waals surface area contributed by atoms with Crippen molar-refractivity contribution in [2.24, 2.45) is 5.92 Å². The van der Waals surface area contributed by atoms with Crippen molar-refractivity contribution in [2.45, 2.75) is 51.9 Å². The lowest BCUT2D eigenvalue weighted by molar-refractivity contribution is -0.138. The molecule has 0 saturated carbocycles. The summed E-state index contributed by atoms with van der Waals surface area (Å²) < 4.78 is 1.96. The van der Waals surface area contributed by atoms with Crippen LogP contribution in [0.5, 0.6) is 0 Å². The van der Waals surface area contributed by atoms with E-state index >= 15 is 0 Å². The first-order chi connectivity index (χ1) is 13.5. The first-order valence-corrected chi connectivity index (χ1v) is 10.2. The Hall–Kier alpha value is -2.63. The maximum absolute atomic E-state index is 13.2. The quantitative estimate of drug-likeness (QED) is 0.881. The van der Waals surface area contributed by atoms with Crippen molar-refractivity contribution in [1.82, 2.24) is 14.7 Å². The lowest BCUT2D eigenvalue weighted by atomic mass is 9.92. The minimum Gasteiger partial charge on any atom is -0.481 e. The van der Waals surface area contributed by atoms with Gasteiger partial charge in [0.25, 0.3) is 5.91 Å². The van der Waals surface area contributed by atoms with Crippen LogP contribution in [0, 0.1) is 12.8 Å². The van der Waals surface area contributed by atoms with E-state index in [0.717, 1.165) is 49.8 Å². The minimum absolute atomic E-state index is 0.00205. The van der Waals surface area contributed by atoms with Gasteiger partial charge in [0.05, 0.1) is 5.69 Å². The number of aromatic nitrogens is 2. The topological polar surface area (TPSA) is 75.4 Å². The second kappa shape index (κ2) is 7.78. The van der Waals surface area contributed by atoms with Gasteiger partial charge >= 0.3 is 5.97 Å². The molecule has 2 heterocycles. The smallest absolute Gasteiger partial charge is 0.303 e. The third-order valence-corrected chi connectivity index (χ3v) is 6.03. The number of hydrogen-bond acceptors (Lipinski definition) is 3. The number of carboxylic acid groups (broad SMARTS) is 1. The number of aryl methyl sites for hydroxylation is 1. The van der Waals surface area contributed by atoms with Gasteiger partial charge in [-0.05, 0) is 63.5 Å². The highest BCUT2D eigenvalue weighted by atomic mass is 16.4. The zero-order valence-corrected chi connectivity index (χ0v) is 16.4. The van der Waals surface area contributed by atoms with Crippen LogP contribution in [0.2, 0.25) is 0 Å². The van der Waals surface area contributed by atoms with Crippen LogP contribution in [0.25, 0.3) is 5.69 Å². The zero-order chi connectivity index (χ0) is 19.7. The van der Waals surface area contributed by atoms with Crippen LogP contribution < -0.4 is 0 Å². The average molecular weight is 381 g/mol. The molecule has 1 saturated heterocycles. The number of fused-ring (bicyclic) bond motifs is 1. The molecule has 6 nitrogen and oxygen atoms in total. The number of carbonyl (C=O) groups is 2. The molecule has 4 rings (SSSR count). The molecule has 1 aliphatic carbocycles. The van der Waals surface area contributed by atoms with E-state index in [4.69, 9.17) is 10.2 Å². The van der Waals surface area contributed by atoms with E-state index in [9.17, 15) is 9.59 Å². The van der Waals surface area contributed by atoms with E-state index in [1.54, 1.807) is 0 Å². The molecule has 1 amide bonds. The first-order valence-electron chi connectivity index (χ1n) is 10.2. The number of carboxylic acids is 1. The minimum atomic E-state index is -0.754. The fraction of sp³-hybridized carbons (Fsp3) is 0.500. The third kappa shape index (κ3) is 3.68. The summed E-state index contributed by atoms with van der Waals surface area (Å²) in [6.07, 6.45) is 5.76. The number of nitrogens with zero attached hydrogens (tertiary/aromatic N) is 3. The second-order valence-corrected chi connectivity index (χ2v) is 8.06.